The molecule has 0 saturated heterocycles. The first-order valence-electron chi connectivity index (χ1n) is 7.40. The minimum atomic E-state index is 0.711. The molecule has 0 amide bonds. The molecule has 19 heavy (non-hydrogen) atoms. The zero-order valence-electron chi connectivity index (χ0n) is 12.1. The summed E-state index contributed by atoms with van der Waals surface area (Å²) in [6.45, 7) is 5.68. The van der Waals surface area contributed by atoms with E-state index in [0.717, 1.165) is 6.42 Å². The van der Waals surface area contributed by atoms with E-state index < -0.39 is 0 Å². The van der Waals surface area contributed by atoms with Crippen LogP contribution < -0.4 is 4.89 Å². The maximum atomic E-state index is 4.97. The lowest BCUT2D eigenvalue weighted by Gasteiger charge is -2.04. The van der Waals surface area contributed by atoms with E-state index in [2.05, 4.69) is 30.5 Å². The Labute approximate surface area is 117 Å². The van der Waals surface area contributed by atoms with Crippen molar-refractivity contribution in [3.05, 3.63) is 42.7 Å². The van der Waals surface area contributed by atoms with Crippen molar-refractivity contribution in [1.29, 1.82) is 0 Å². The van der Waals surface area contributed by atoms with Gasteiger partial charge in [-0.25, -0.2) is 0 Å². The van der Waals surface area contributed by atoms with Crippen LogP contribution in [0.4, 0.5) is 0 Å². The van der Waals surface area contributed by atoms with Crippen LogP contribution in [0.2, 0.25) is 0 Å². The molecule has 0 aliphatic heterocycles. The number of hydrogen-bond donors (Lipinski definition) is 0. The van der Waals surface area contributed by atoms with Gasteiger partial charge in [0.25, 0.3) is 0 Å². The first kappa shape index (κ1) is 15.6. The average Bonchev–Trinajstić information content (AvgIpc) is 2.45. The fourth-order valence-electron chi connectivity index (χ4n) is 2.09. The highest BCUT2D eigenvalue weighted by molar-refractivity contribution is 5.26. The first-order chi connectivity index (χ1) is 9.36. The summed E-state index contributed by atoms with van der Waals surface area (Å²) in [4.78, 5) is 9.64. The molecule has 0 fully saturated rings. The van der Waals surface area contributed by atoms with Crippen molar-refractivity contribution in [1.82, 2.24) is 0 Å². The summed E-state index contributed by atoms with van der Waals surface area (Å²) in [5.41, 5.74) is 1.36. The zero-order chi connectivity index (χ0) is 13.8. The second-order valence-corrected chi connectivity index (χ2v) is 4.86. The number of aryl methyl sites for hydroxylation is 1. The van der Waals surface area contributed by atoms with Crippen LogP contribution in [-0.2, 0) is 11.3 Å². The van der Waals surface area contributed by atoms with Gasteiger partial charge >= 0.3 is 0 Å². The number of benzene rings is 1. The highest BCUT2D eigenvalue weighted by Crippen LogP contribution is 2.15. The van der Waals surface area contributed by atoms with Crippen LogP contribution in [0.15, 0.2) is 37.1 Å². The van der Waals surface area contributed by atoms with E-state index in [1.54, 1.807) is 0 Å². The fourth-order valence-corrected chi connectivity index (χ4v) is 2.09. The van der Waals surface area contributed by atoms with Crippen molar-refractivity contribution in [3.8, 4) is 5.75 Å². The Morgan fingerprint density at radius 3 is 2.21 bits per heavy atom. The van der Waals surface area contributed by atoms with Crippen LogP contribution >= 0.6 is 0 Å². The molecule has 0 atom stereocenters. The Hall–Kier alpha value is -1.44. The summed E-state index contributed by atoms with van der Waals surface area (Å²) in [6, 6.07) is 8.05. The maximum absolute atomic E-state index is 4.97. The van der Waals surface area contributed by atoms with Gasteiger partial charge in [-0.3, -0.25) is 9.78 Å². The molecule has 0 unspecified atom stereocenters. The number of hydrogen-bond acceptors (Lipinski definition) is 2. The maximum Gasteiger partial charge on any atom is 0.178 e. The lowest BCUT2D eigenvalue weighted by molar-refractivity contribution is -0.148. The second-order valence-electron chi connectivity index (χ2n) is 4.86. The van der Waals surface area contributed by atoms with Gasteiger partial charge < -0.3 is 0 Å². The fraction of sp³-hybridized carbons (Fsp3) is 0.529. The van der Waals surface area contributed by atoms with E-state index in [-0.39, 0.29) is 0 Å². The van der Waals surface area contributed by atoms with Gasteiger partial charge in [0.15, 0.2) is 5.75 Å². The molecule has 1 aromatic carbocycles. The van der Waals surface area contributed by atoms with Gasteiger partial charge in [0.1, 0.15) is 6.26 Å². The molecule has 0 saturated carbocycles. The molecule has 106 valence electrons. The Kier molecular flexibility index (Phi) is 8.61. The molecule has 2 heteroatoms. The van der Waals surface area contributed by atoms with E-state index in [1.165, 1.54) is 56.8 Å². The molecule has 1 rings (SSSR count). The summed E-state index contributed by atoms with van der Waals surface area (Å²) in [6.07, 6.45) is 11.9. The number of unbranched alkanes of at least 4 members (excludes halogenated alkanes) is 6. The topological polar surface area (TPSA) is 18.5 Å². The lowest BCUT2D eigenvalue weighted by Crippen LogP contribution is -1.90. The van der Waals surface area contributed by atoms with Crippen molar-refractivity contribution >= 4 is 0 Å². The molecule has 0 radical (unpaired) electrons. The van der Waals surface area contributed by atoms with Crippen LogP contribution in [0.3, 0.4) is 0 Å². The van der Waals surface area contributed by atoms with Crippen LogP contribution in [0.1, 0.15) is 57.4 Å². The van der Waals surface area contributed by atoms with Crippen LogP contribution in [-0.4, -0.2) is 0 Å². The predicted molar refractivity (Wildman–Crippen MR) is 80.0 cm³/mol. The molecule has 0 heterocycles. The van der Waals surface area contributed by atoms with Crippen molar-refractivity contribution in [3.63, 3.8) is 0 Å². The molecule has 2 nitrogen and oxygen atoms in total. The van der Waals surface area contributed by atoms with Gasteiger partial charge in [0.05, 0.1) is 0 Å². The van der Waals surface area contributed by atoms with Gasteiger partial charge in [0.2, 0.25) is 0 Å². The summed E-state index contributed by atoms with van der Waals surface area (Å²) in [7, 11) is 0. The van der Waals surface area contributed by atoms with Gasteiger partial charge in [-0.1, -0.05) is 64.2 Å². The molecule has 0 aliphatic rings. The molecule has 0 bridgehead atoms. The summed E-state index contributed by atoms with van der Waals surface area (Å²) < 4.78 is 0. The standard InChI is InChI=1S/C17H26O2/c1-3-5-6-7-8-9-10-11-16-12-14-17(15-13-16)19-18-4-2/h4,12-15H,2-3,5-11H2,1H3. The van der Waals surface area contributed by atoms with Crippen LogP contribution in [0, 0.1) is 0 Å². The van der Waals surface area contributed by atoms with Crippen molar-refractivity contribution in [2.75, 3.05) is 0 Å². The Morgan fingerprint density at radius 2 is 1.58 bits per heavy atom. The molecule has 0 aromatic heterocycles. The quantitative estimate of drug-likeness (QED) is 0.229. The third kappa shape index (κ3) is 7.55. The van der Waals surface area contributed by atoms with Gasteiger partial charge in [0, 0.05) is 0 Å². The molecular weight excluding hydrogens is 236 g/mol. The van der Waals surface area contributed by atoms with Crippen LogP contribution in [0.25, 0.3) is 0 Å². The monoisotopic (exact) mass is 262 g/mol. The van der Waals surface area contributed by atoms with E-state index >= 15 is 0 Å². The van der Waals surface area contributed by atoms with E-state index in [4.69, 9.17) is 4.89 Å². The molecule has 1 aromatic rings. The third-order valence-electron chi connectivity index (χ3n) is 3.20. The summed E-state index contributed by atoms with van der Waals surface area (Å²) in [5.74, 6) is 0.711. The minimum Gasteiger partial charge on any atom is -0.299 e. The lowest BCUT2D eigenvalue weighted by atomic mass is 10.0. The van der Waals surface area contributed by atoms with E-state index in [9.17, 15) is 0 Å². The minimum absolute atomic E-state index is 0.711. The van der Waals surface area contributed by atoms with Gasteiger partial charge in [-0.2, -0.15) is 0 Å². The predicted octanol–water partition coefficient (Wildman–Crippen LogP) is 5.43. The molecule has 0 aliphatic carbocycles. The third-order valence-corrected chi connectivity index (χ3v) is 3.20. The SMILES string of the molecule is C=COOc1ccc(CCCCCCCCC)cc1. The highest BCUT2D eigenvalue weighted by atomic mass is 17.2. The first-order valence-corrected chi connectivity index (χ1v) is 7.40. The zero-order valence-corrected chi connectivity index (χ0v) is 12.1. The van der Waals surface area contributed by atoms with Gasteiger partial charge in [-0.05, 0) is 30.5 Å². The number of rotatable bonds is 11. The summed E-state index contributed by atoms with van der Waals surface area (Å²) >= 11 is 0. The van der Waals surface area contributed by atoms with E-state index in [1.807, 2.05) is 12.1 Å². The van der Waals surface area contributed by atoms with E-state index in [0.29, 0.717) is 5.75 Å². The summed E-state index contributed by atoms with van der Waals surface area (Å²) in [5, 5.41) is 0. The average molecular weight is 262 g/mol. The highest BCUT2D eigenvalue weighted by Gasteiger charge is 1.97. The molecule has 0 spiro atoms. The Morgan fingerprint density at radius 1 is 0.947 bits per heavy atom. The smallest absolute Gasteiger partial charge is 0.178 e. The molecular formula is C17H26O2. The molecule has 0 N–H and O–H groups in total. The van der Waals surface area contributed by atoms with Crippen LogP contribution in [0.5, 0.6) is 5.75 Å². The second kappa shape index (κ2) is 10.5. The van der Waals surface area contributed by atoms with Gasteiger partial charge in [-0.15, -0.1) is 0 Å². The van der Waals surface area contributed by atoms with Crippen molar-refractivity contribution in [2.24, 2.45) is 0 Å². The van der Waals surface area contributed by atoms with Crippen molar-refractivity contribution < 1.29 is 9.78 Å². The largest absolute Gasteiger partial charge is 0.299 e. The Balaban J connectivity index is 2.10. The van der Waals surface area contributed by atoms with Crippen molar-refractivity contribution in [2.45, 2.75) is 58.3 Å². The normalized spacial score (nSPS) is 10.2. The Bertz CT molecular complexity index is 330.